The number of benzene rings is 1. The predicted octanol–water partition coefficient (Wildman–Crippen LogP) is -11.7. The molecule has 19 heavy (non-hydrogen) atoms. The molecule has 0 aliphatic heterocycles. The van der Waals surface area contributed by atoms with Gasteiger partial charge in [-0.1, -0.05) is 12.1 Å². The van der Waals surface area contributed by atoms with E-state index in [2.05, 4.69) is 0 Å². The Labute approximate surface area is 175 Å². The largest absolute Gasteiger partial charge is 1.00 e. The van der Waals surface area contributed by atoms with Gasteiger partial charge in [0.15, 0.2) is 0 Å². The van der Waals surface area contributed by atoms with Crippen LogP contribution in [0.2, 0.25) is 0 Å². The van der Waals surface area contributed by atoms with Crippen LogP contribution in [-0.2, 0) is 10.1 Å². The fourth-order valence-corrected chi connectivity index (χ4v) is 1.81. The van der Waals surface area contributed by atoms with Crippen LogP contribution in [0.15, 0.2) is 23.1 Å². The second-order valence-corrected chi connectivity index (χ2v) is 4.06. The number of rotatable bonds is 3. The average Bonchev–Trinajstić information content (AvgIpc) is 2.14. The van der Waals surface area contributed by atoms with Gasteiger partial charge in [0.2, 0.25) is 0 Å². The quantitative estimate of drug-likeness (QED) is 0.399. The maximum atomic E-state index is 10.7. The van der Waals surface area contributed by atoms with Crippen molar-refractivity contribution in [3.63, 3.8) is 0 Å². The first-order chi connectivity index (χ1) is 7.25. The molecule has 1 aromatic carbocycles. The van der Waals surface area contributed by atoms with Gasteiger partial charge in [-0.25, -0.2) is 8.42 Å². The van der Waals surface area contributed by atoms with Crippen LogP contribution in [0.3, 0.4) is 0 Å². The Bertz CT molecular complexity index is 570. The van der Waals surface area contributed by atoms with Crippen molar-refractivity contribution in [1.82, 2.24) is 0 Å². The first kappa shape index (κ1) is 25.0. The van der Waals surface area contributed by atoms with Crippen molar-refractivity contribution < 1.29 is 121 Å². The van der Waals surface area contributed by atoms with Gasteiger partial charge in [0, 0.05) is 11.1 Å². The molecule has 0 amide bonds. The second-order valence-electron chi connectivity index (χ2n) is 2.71. The molecule has 0 bridgehead atoms. The summed E-state index contributed by atoms with van der Waals surface area (Å²) in [6.07, 6.45) is 0. The summed E-state index contributed by atoms with van der Waals surface area (Å²) in [5.41, 5.74) is -2.12. The van der Waals surface area contributed by atoms with E-state index in [0.29, 0.717) is 6.07 Å². The van der Waals surface area contributed by atoms with E-state index in [9.17, 15) is 32.8 Å². The standard InChI is InChI=1S/C8H6O7S.3Na/c9-7(10)4-2-1-3-5(16(13,14)15)6(4)8(11)12;;;/h1-3H,(H,9,10)(H,11,12)(H,13,14,15);;;/q;3*+1/p-3. The van der Waals surface area contributed by atoms with E-state index < -0.39 is 38.1 Å². The van der Waals surface area contributed by atoms with Crippen molar-refractivity contribution in [3.05, 3.63) is 29.3 Å². The number of carboxylic acids is 2. The van der Waals surface area contributed by atoms with Gasteiger partial charge in [-0.3, -0.25) is 0 Å². The Balaban J connectivity index is -0.000000853. The van der Waals surface area contributed by atoms with Crippen LogP contribution < -0.4 is 98.9 Å². The zero-order valence-corrected chi connectivity index (χ0v) is 17.3. The van der Waals surface area contributed by atoms with Crippen LogP contribution in [0.1, 0.15) is 20.7 Å². The molecule has 0 spiro atoms. The van der Waals surface area contributed by atoms with Gasteiger partial charge in [-0.05, 0) is 6.07 Å². The van der Waals surface area contributed by atoms with Crippen molar-refractivity contribution in [2.75, 3.05) is 0 Å². The van der Waals surface area contributed by atoms with Crippen LogP contribution in [0.5, 0.6) is 0 Å². The normalized spacial score (nSPS) is 9.32. The van der Waals surface area contributed by atoms with Gasteiger partial charge in [-0.15, -0.1) is 0 Å². The molecule has 0 aliphatic carbocycles. The molecular weight excluding hydrogens is 309 g/mol. The second kappa shape index (κ2) is 9.91. The van der Waals surface area contributed by atoms with Gasteiger partial charge >= 0.3 is 88.7 Å². The zero-order chi connectivity index (χ0) is 12.5. The van der Waals surface area contributed by atoms with Crippen molar-refractivity contribution in [1.29, 1.82) is 0 Å². The monoisotopic (exact) mass is 312 g/mol. The molecule has 1 aromatic rings. The predicted molar refractivity (Wildman–Crippen MR) is 43.1 cm³/mol. The molecule has 0 saturated carbocycles. The van der Waals surface area contributed by atoms with Crippen molar-refractivity contribution in [2.24, 2.45) is 0 Å². The fourth-order valence-electron chi connectivity index (χ4n) is 1.12. The maximum absolute atomic E-state index is 10.7. The third kappa shape index (κ3) is 6.58. The summed E-state index contributed by atoms with van der Waals surface area (Å²) in [5.74, 6) is -3.99. The molecule has 0 fully saturated rings. The van der Waals surface area contributed by atoms with Crippen LogP contribution in [-0.4, -0.2) is 24.9 Å². The molecule has 0 aliphatic rings. The number of carbonyl (C=O) groups excluding carboxylic acids is 2. The minimum Gasteiger partial charge on any atom is -0.744 e. The zero-order valence-electron chi connectivity index (χ0n) is 10.5. The van der Waals surface area contributed by atoms with Crippen molar-refractivity contribution in [3.8, 4) is 0 Å². The molecule has 0 saturated heterocycles. The Morgan fingerprint density at radius 1 is 0.947 bits per heavy atom. The first-order valence-electron chi connectivity index (χ1n) is 3.76. The molecule has 1 rings (SSSR count). The molecule has 7 nitrogen and oxygen atoms in total. The van der Waals surface area contributed by atoms with Crippen molar-refractivity contribution >= 4 is 22.1 Å². The van der Waals surface area contributed by atoms with E-state index in [-0.39, 0.29) is 88.7 Å². The van der Waals surface area contributed by atoms with E-state index in [1.807, 2.05) is 0 Å². The molecular formula is C8H3Na3O7S. The number of carbonyl (C=O) groups is 2. The molecule has 0 aromatic heterocycles. The van der Waals surface area contributed by atoms with Crippen molar-refractivity contribution in [2.45, 2.75) is 4.90 Å². The summed E-state index contributed by atoms with van der Waals surface area (Å²) in [7, 11) is -5.10. The molecule has 0 unspecified atom stereocenters. The smallest absolute Gasteiger partial charge is 0.744 e. The van der Waals surface area contributed by atoms with Gasteiger partial charge < -0.3 is 24.4 Å². The minimum absolute atomic E-state index is 0. The van der Waals surface area contributed by atoms with E-state index >= 15 is 0 Å². The SMILES string of the molecule is O=C([O-])c1cccc(S(=O)(=O)[O-])c1C(=O)[O-].[Na+].[Na+].[Na+]. The fraction of sp³-hybridized carbons (Fsp3) is 0. The molecule has 0 atom stereocenters. The molecule has 0 N–H and O–H groups in total. The van der Waals surface area contributed by atoms with Crippen LogP contribution >= 0.6 is 0 Å². The Morgan fingerprint density at radius 2 is 1.42 bits per heavy atom. The number of aromatic carboxylic acids is 2. The molecule has 86 valence electrons. The third-order valence-corrected chi connectivity index (χ3v) is 2.60. The Hall–Kier alpha value is 1.07. The summed E-state index contributed by atoms with van der Waals surface area (Å²) >= 11 is 0. The first-order valence-corrected chi connectivity index (χ1v) is 5.17. The molecule has 11 heteroatoms. The summed E-state index contributed by atoms with van der Waals surface area (Å²) in [5, 5.41) is 21.1. The number of hydrogen-bond acceptors (Lipinski definition) is 7. The van der Waals surface area contributed by atoms with Gasteiger partial charge in [0.25, 0.3) is 0 Å². The Kier molecular flexibility index (Phi) is 13.1. The van der Waals surface area contributed by atoms with Crippen LogP contribution in [0.4, 0.5) is 0 Å². The topological polar surface area (TPSA) is 137 Å². The minimum atomic E-state index is -5.10. The van der Waals surface area contributed by atoms with E-state index in [0.717, 1.165) is 12.1 Å². The van der Waals surface area contributed by atoms with Gasteiger partial charge in [0.05, 0.1) is 16.8 Å². The van der Waals surface area contributed by atoms with Crippen LogP contribution in [0.25, 0.3) is 0 Å². The molecule has 0 radical (unpaired) electrons. The molecule has 0 heterocycles. The number of carboxylic acid groups (broad SMARTS) is 2. The van der Waals surface area contributed by atoms with Crippen LogP contribution in [0, 0.1) is 0 Å². The average molecular weight is 312 g/mol. The number of hydrogen-bond donors (Lipinski definition) is 0. The van der Waals surface area contributed by atoms with E-state index in [1.54, 1.807) is 0 Å². The van der Waals surface area contributed by atoms with E-state index in [4.69, 9.17) is 0 Å². The van der Waals surface area contributed by atoms with Gasteiger partial charge in [0.1, 0.15) is 10.1 Å². The maximum Gasteiger partial charge on any atom is 1.00 e. The summed E-state index contributed by atoms with van der Waals surface area (Å²) in [6.45, 7) is 0. The Morgan fingerprint density at radius 3 is 1.74 bits per heavy atom. The summed E-state index contributed by atoms with van der Waals surface area (Å²) < 4.78 is 32.0. The van der Waals surface area contributed by atoms with Gasteiger partial charge in [-0.2, -0.15) is 0 Å². The summed E-state index contributed by atoms with van der Waals surface area (Å²) in [6, 6.07) is 2.40. The van der Waals surface area contributed by atoms with E-state index in [1.165, 1.54) is 0 Å². The summed E-state index contributed by atoms with van der Waals surface area (Å²) in [4.78, 5) is 19.9. The third-order valence-electron chi connectivity index (χ3n) is 1.72.